The Morgan fingerprint density at radius 1 is 0.700 bits per heavy atom. The Labute approximate surface area is 300 Å². The summed E-state index contributed by atoms with van der Waals surface area (Å²) in [5.74, 6) is 2.61. The van der Waals surface area contributed by atoms with Gasteiger partial charge in [0.1, 0.15) is 23.0 Å². The van der Waals surface area contributed by atoms with Gasteiger partial charge in [0.15, 0.2) is 0 Å². The molecule has 0 aliphatic carbocycles. The fourth-order valence-corrected chi connectivity index (χ4v) is 7.93. The molecule has 4 aromatic carbocycles. The summed E-state index contributed by atoms with van der Waals surface area (Å²) in [5, 5.41) is 28.1. The second kappa shape index (κ2) is 16.6. The predicted molar refractivity (Wildman–Crippen MR) is 208 cm³/mol. The number of anilines is 4. The first-order chi connectivity index (χ1) is 24.1. The van der Waals surface area contributed by atoms with Crippen LogP contribution in [0.3, 0.4) is 0 Å². The van der Waals surface area contributed by atoms with Crippen molar-refractivity contribution < 1.29 is 23.9 Å². The molecular formula is C38H40BrN5O5S. The summed E-state index contributed by atoms with van der Waals surface area (Å²) in [4.78, 5) is 8.76. The molecule has 10 nitrogen and oxygen atoms in total. The maximum absolute atomic E-state index is 13.1. The Hall–Kier alpha value is -5.07. The van der Waals surface area contributed by atoms with Crippen molar-refractivity contribution in [2.24, 2.45) is 4.36 Å². The highest BCUT2D eigenvalue weighted by atomic mass is 79.9. The minimum atomic E-state index is -2.26. The summed E-state index contributed by atoms with van der Waals surface area (Å²) in [6.45, 7) is 4.06. The van der Waals surface area contributed by atoms with E-state index in [1.54, 1.807) is 56.9 Å². The predicted octanol–water partition coefficient (Wildman–Crippen LogP) is 10.1. The zero-order valence-electron chi connectivity index (χ0n) is 28.3. The van der Waals surface area contributed by atoms with E-state index in [1.165, 1.54) is 0 Å². The zero-order valence-corrected chi connectivity index (χ0v) is 30.7. The van der Waals surface area contributed by atoms with E-state index < -0.39 is 9.73 Å². The molecule has 0 aliphatic rings. The van der Waals surface area contributed by atoms with Crippen LogP contribution in [-0.4, -0.2) is 50.1 Å². The van der Waals surface area contributed by atoms with Crippen molar-refractivity contribution >= 4 is 75.9 Å². The molecule has 50 heavy (non-hydrogen) atoms. The van der Waals surface area contributed by atoms with E-state index in [2.05, 4.69) is 40.9 Å². The molecule has 260 valence electrons. The Bertz CT molecular complexity index is 2230. The first-order valence-electron chi connectivity index (χ1n) is 16.1. The normalized spacial score (nSPS) is 11.1. The Kier molecular flexibility index (Phi) is 12.0. The number of aromatic nitrogens is 2. The largest absolute Gasteiger partial charge is 0.508 e. The number of phenolic OH excluding ortho intramolecular Hbond substituents is 2. The molecule has 0 bridgehead atoms. The molecule has 0 spiro atoms. The van der Waals surface area contributed by atoms with E-state index in [0.717, 1.165) is 56.2 Å². The van der Waals surface area contributed by atoms with Gasteiger partial charge in [-0.2, -0.15) is 4.36 Å². The van der Waals surface area contributed by atoms with Gasteiger partial charge in [-0.1, -0.05) is 29.8 Å². The van der Waals surface area contributed by atoms with E-state index in [1.807, 2.05) is 68.4 Å². The number of hydrogen-bond donors (Lipinski definition) is 4. The van der Waals surface area contributed by atoms with Crippen LogP contribution in [0.15, 0.2) is 106 Å². The van der Waals surface area contributed by atoms with E-state index in [9.17, 15) is 14.4 Å². The maximum Gasteiger partial charge on any atom is 0.124 e. The molecule has 4 N–H and O–H groups in total. The van der Waals surface area contributed by atoms with Gasteiger partial charge in [-0.05, 0) is 61.4 Å². The maximum atomic E-state index is 13.1. The van der Waals surface area contributed by atoms with Crippen LogP contribution in [-0.2, 0) is 9.73 Å². The van der Waals surface area contributed by atoms with E-state index in [4.69, 9.17) is 9.47 Å². The van der Waals surface area contributed by atoms with Crippen LogP contribution >= 0.6 is 15.9 Å². The quantitative estimate of drug-likeness (QED) is 0.102. The fourth-order valence-electron chi connectivity index (χ4n) is 5.41. The van der Waals surface area contributed by atoms with Crippen molar-refractivity contribution in [3.8, 4) is 23.0 Å². The van der Waals surface area contributed by atoms with Gasteiger partial charge in [-0.25, -0.2) is 4.21 Å². The number of pyridine rings is 2. The highest BCUT2D eigenvalue weighted by molar-refractivity contribution is 9.10. The lowest BCUT2D eigenvalue weighted by Gasteiger charge is -2.12. The molecule has 2 aromatic heterocycles. The standard InChI is InChI=1S/C22H27N3O3S.C16H13BrN2O2/c1-4-10-29(27,11-5-2)25-16-6-7-21-20(14-16)22(8-9-23-21)24-17-12-18(26)15-19(13-17)28-3;1-21-13-8-11(7-12(20)9-13)19-16-4-5-18-15-3-2-10(17)6-14(15)16/h6-9,12-15,26H,4-5,10-11H2,1-3H3,(H,23,24);2-9,20H,1H3,(H,18,19). The number of ether oxygens (including phenoxy) is 2. The molecule has 12 heteroatoms. The molecule has 0 aliphatic heterocycles. The van der Waals surface area contributed by atoms with Crippen LogP contribution in [0.4, 0.5) is 28.4 Å². The zero-order chi connectivity index (χ0) is 35.7. The van der Waals surface area contributed by atoms with Crippen molar-refractivity contribution in [2.75, 3.05) is 36.4 Å². The third kappa shape index (κ3) is 9.33. The van der Waals surface area contributed by atoms with Crippen molar-refractivity contribution in [1.29, 1.82) is 0 Å². The Morgan fingerprint density at radius 2 is 1.20 bits per heavy atom. The number of rotatable bonds is 11. The van der Waals surface area contributed by atoms with Gasteiger partial charge in [-0.15, -0.1) is 0 Å². The van der Waals surface area contributed by atoms with Crippen LogP contribution in [0.1, 0.15) is 26.7 Å². The van der Waals surface area contributed by atoms with Crippen LogP contribution in [0.25, 0.3) is 21.8 Å². The van der Waals surface area contributed by atoms with Gasteiger partial charge in [-0.3, -0.25) is 9.97 Å². The lowest BCUT2D eigenvalue weighted by atomic mass is 10.1. The summed E-state index contributed by atoms with van der Waals surface area (Å²) in [6, 6.07) is 25.3. The third-order valence-electron chi connectivity index (χ3n) is 7.56. The van der Waals surface area contributed by atoms with Gasteiger partial charge >= 0.3 is 0 Å². The number of halogens is 1. The molecule has 6 rings (SSSR count). The molecular weight excluding hydrogens is 718 g/mol. The highest BCUT2D eigenvalue weighted by Gasteiger charge is 2.11. The topological polar surface area (TPSA) is 138 Å². The van der Waals surface area contributed by atoms with E-state index >= 15 is 0 Å². The van der Waals surface area contributed by atoms with Crippen LogP contribution in [0, 0.1) is 0 Å². The molecule has 0 saturated heterocycles. The molecule has 0 fully saturated rings. The van der Waals surface area contributed by atoms with Gasteiger partial charge in [0.2, 0.25) is 0 Å². The number of hydrogen-bond acceptors (Lipinski definition) is 10. The molecule has 6 aromatic rings. The number of benzene rings is 4. The van der Waals surface area contributed by atoms with Gasteiger partial charge in [0, 0.05) is 98.3 Å². The first kappa shape index (κ1) is 36.2. The summed E-state index contributed by atoms with van der Waals surface area (Å²) in [6.07, 6.45) is 5.14. The van der Waals surface area contributed by atoms with Crippen LogP contribution < -0.4 is 20.1 Å². The number of nitrogens with zero attached hydrogens (tertiary/aromatic N) is 3. The van der Waals surface area contributed by atoms with E-state index in [0.29, 0.717) is 34.4 Å². The molecule has 2 heterocycles. The van der Waals surface area contributed by atoms with Crippen molar-refractivity contribution in [2.45, 2.75) is 26.7 Å². The molecule has 0 unspecified atom stereocenters. The van der Waals surface area contributed by atoms with E-state index in [-0.39, 0.29) is 11.5 Å². The summed E-state index contributed by atoms with van der Waals surface area (Å²) in [7, 11) is 0.858. The molecule has 0 saturated carbocycles. The second-order valence-electron chi connectivity index (χ2n) is 11.4. The monoisotopic (exact) mass is 757 g/mol. The van der Waals surface area contributed by atoms with Gasteiger partial charge < -0.3 is 30.3 Å². The van der Waals surface area contributed by atoms with Crippen molar-refractivity contribution in [3.63, 3.8) is 0 Å². The molecule has 0 amide bonds. The van der Waals surface area contributed by atoms with Gasteiger partial charge in [0.05, 0.1) is 40.7 Å². The van der Waals surface area contributed by atoms with Crippen LogP contribution in [0.2, 0.25) is 0 Å². The Morgan fingerprint density at radius 3 is 1.70 bits per heavy atom. The third-order valence-corrected chi connectivity index (χ3v) is 10.7. The average Bonchev–Trinajstić information content (AvgIpc) is 3.08. The minimum Gasteiger partial charge on any atom is -0.508 e. The minimum absolute atomic E-state index is 0.111. The second-order valence-corrected chi connectivity index (χ2v) is 14.9. The summed E-state index contributed by atoms with van der Waals surface area (Å²) >= 11 is 3.47. The fraction of sp³-hybridized carbons (Fsp3) is 0.211. The average molecular weight is 759 g/mol. The number of phenols is 2. The van der Waals surface area contributed by atoms with Crippen molar-refractivity contribution in [3.05, 3.63) is 102 Å². The van der Waals surface area contributed by atoms with Gasteiger partial charge in [0.25, 0.3) is 0 Å². The highest BCUT2D eigenvalue weighted by Crippen LogP contribution is 2.33. The summed E-state index contributed by atoms with van der Waals surface area (Å²) < 4.78 is 29.1. The number of nitrogens with one attached hydrogen (secondary N) is 2. The molecule has 0 atom stereocenters. The smallest absolute Gasteiger partial charge is 0.124 e. The number of methoxy groups -OCH3 is 2. The SMILES string of the molecule is CCCS(=O)(CCC)=Nc1ccc2nccc(Nc3cc(O)cc(OC)c3)c2c1.COc1cc(O)cc(Nc2ccnc3ccc(Br)cc23)c1. The lowest BCUT2D eigenvalue weighted by Crippen LogP contribution is -2.09. The molecule has 0 radical (unpaired) electrons. The van der Waals surface area contributed by atoms with Crippen molar-refractivity contribution in [1.82, 2.24) is 9.97 Å². The Balaban J connectivity index is 0.000000204. The first-order valence-corrected chi connectivity index (χ1v) is 18.7. The van der Waals surface area contributed by atoms with Crippen LogP contribution in [0.5, 0.6) is 23.0 Å². The lowest BCUT2D eigenvalue weighted by molar-refractivity contribution is 0.407. The number of fused-ring (bicyclic) bond motifs is 2. The number of aromatic hydroxyl groups is 2. The summed E-state index contributed by atoms with van der Waals surface area (Å²) in [5.41, 5.74) is 5.56.